The van der Waals surface area contributed by atoms with Crippen molar-refractivity contribution >= 4 is 0 Å². The van der Waals surface area contributed by atoms with Crippen molar-refractivity contribution in [3.05, 3.63) is 65.7 Å². The molecule has 0 bridgehead atoms. The molecule has 106 valence electrons. The molecule has 2 aromatic carbocycles. The second-order valence-electron chi connectivity index (χ2n) is 4.87. The van der Waals surface area contributed by atoms with E-state index in [1.165, 1.54) is 0 Å². The van der Waals surface area contributed by atoms with Crippen LogP contribution in [0.25, 0.3) is 0 Å². The molecule has 20 heavy (non-hydrogen) atoms. The van der Waals surface area contributed by atoms with E-state index >= 15 is 0 Å². The van der Waals surface area contributed by atoms with Gasteiger partial charge in [0.05, 0.1) is 13.2 Å². The van der Waals surface area contributed by atoms with Crippen LogP contribution in [-0.4, -0.2) is 18.3 Å². The highest BCUT2D eigenvalue weighted by molar-refractivity contribution is 5.27. The zero-order chi connectivity index (χ0) is 14.4. The summed E-state index contributed by atoms with van der Waals surface area (Å²) in [5.41, 5.74) is 2.10. The summed E-state index contributed by atoms with van der Waals surface area (Å²) in [5.74, 6) is 0.853. The number of nitrogens with one attached hydrogen (secondary N) is 1. The van der Waals surface area contributed by atoms with Gasteiger partial charge in [0.15, 0.2) is 0 Å². The van der Waals surface area contributed by atoms with Crippen molar-refractivity contribution in [3.8, 4) is 5.75 Å². The summed E-state index contributed by atoms with van der Waals surface area (Å²) in [7, 11) is 1.66. The van der Waals surface area contributed by atoms with Gasteiger partial charge in [0.1, 0.15) is 5.75 Å². The van der Waals surface area contributed by atoms with Crippen LogP contribution in [0.3, 0.4) is 0 Å². The van der Waals surface area contributed by atoms with Crippen molar-refractivity contribution in [2.24, 2.45) is 0 Å². The van der Waals surface area contributed by atoms with Crippen LogP contribution in [0.15, 0.2) is 54.6 Å². The maximum atomic E-state index is 10.3. The summed E-state index contributed by atoms with van der Waals surface area (Å²) in [5, 5.41) is 13.6. The van der Waals surface area contributed by atoms with E-state index in [0.29, 0.717) is 0 Å². The van der Waals surface area contributed by atoms with Gasteiger partial charge in [0.2, 0.25) is 0 Å². The fourth-order valence-corrected chi connectivity index (χ4v) is 2.07. The van der Waals surface area contributed by atoms with Gasteiger partial charge in [0, 0.05) is 12.6 Å². The molecule has 2 rings (SSSR count). The lowest BCUT2D eigenvalue weighted by atomic mass is 10.0. The lowest BCUT2D eigenvalue weighted by Crippen LogP contribution is -2.31. The Kier molecular flexibility index (Phi) is 5.16. The van der Waals surface area contributed by atoms with Crippen molar-refractivity contribution in [1.29, 1.82) is 0 Å². The lowest BCUT2D eigenvalue weighted by Gasteiger charge is -2.20. The van der Waals surface area contributed by atoms with E-state index in [1.807, 2.05) is 61.5 Å². The number of aliphatic hydroxyl groups is 1. The van der Waals surface area contributed by atoms with Gasteiger partial charge >= 0.3 is 0 Å². The molecule has 0 amide bonds. The largest absolute Gasteiger partial charge is 0.497 e. The van der Waals surface area contributed by atoms with Crippen LogP contribution < -0.4 is 10.1 Å². The predicted molar refractivity (Wildman–Crippen MR) is 80.7 cm³/mol. The zero-order valence-corrected chi connectivity index (χ0v) is 11.9. The fraction of sp³-hybridized carbons (Fsp3) is 0.294. The Morgan fingerprint density at radius 3 is 2.30 bits per heavy atom. The molecule has 0 saturated heterocycles. The summed E-state index contributed by atoms with van der Waals surface area (Å²) in [6.07, 6.45) is -0.505. The summed E-state index contributed by atoms with van der Waals surface area (Å²) in [4.78, 5) is 0. The molecule has 0 fully saturated rings. The molecule has 0 aromatic heterocycles. The molecule has 3 nitrogen and oxygen atoms in total. The smallest absolute Gasteiger partial charge is 0.118 e. The predicted octanol–water partition coefficient (Wildman–Crippen LogP) is 2.91. The van der Waals surface area contributed by atoms with Gasteiger partial charge in [-0.15, -0.1) is 0 Å². The Morgan fingerprint density at radius 1 is 1.05 bits per heavy atom. The van der Waals surface area contributed by atoms with E-state index in [2.05, 4.69) is 5.32 Å². The van der Waals surface area contributed by atoms with Crippen LogP contribution in [0, 0.1) is 0 Å². The molecule has 0 aliphatic heterocycles. The Hall–Kier alpha value is -1.84. The first-order valence-corrected chi connectivity index (χ1v) is 6.80. The molecule has 0 aliphatic rings. The minimum absolute atomic E-state index is 0.0144. The topological polar surface area (TPSA) is 41.5 Å². The summed E-state index contributed by atoms with van der Waals surface area (Å²) < 4.78 is 5.13. The maximum absolute atomic E-state index is 10.3. The lowest BCUT2D eigenvalue weighted by molar-refractivity contribution is 0.135. The van der Waals surface area contributed by atoms with E-state index in [0.717, 1.165) is 23.4 Å². The van der Waals surface area contributed by atoms with Crippen molar-refractivity contribution in [1.82, 2.24) is 5.32 Å². The van der Waals surface area contributed by atoms with Gasteiger partial charge in [-0.2, -0.15) is 0 Å². The zero-order valence-electron chi connectivity index (χ0n) is 11.9. The first kappa shape index (κ1) is 14.6. The number of hydrogen-bond acceptors (Lipinski definition) is 3. The maximum Gasteiger partial charge on any atom is 0.118 e. The van der Waals surface area contributed by atoms with Crippen LogP contribution in [-0.2, 0) is 6.54 Å². The van der Waals surface area contributed by atoms with Gasteiger partial charge in [0.25, 0.3) is 0 Å². The molecule has 0 unspecified atom stereocenters. The summed E-state index contributed by atoms with van der Waals surface area (Å²) >= 11 is 0. The van der Waals surface area contributed by atoms with Crippen molar-refractivity contribution in [2.45, 2.75) is 25.6 Å². The molecule has 3 heteroatoms. The average Bonchev–Trinajstić information content (AvgIpc) is 2.53. The number of aliphatic hydroxyl groups excluding tert-OH is 1. The van der Waals surface area contributed by atoms with Crippen LogP contribution in [0.4, 0.5) is 0 Å². The van der Waals surface area contributed by atoms with Gasteiger partial charge < -0.3 is 15.2 Å². The Balaban J connectivity index is 1.89. The number of hydrogen-bond donors (Lipinski definition) is 2. The number of rotatable bonds is 6. The molecular formula is C17H21NO2. The standard InChI is InChI=1S/C17H21NO2/c1-13(17(19)15-6-4-3-5-7-15)18-12-14-8-10-16(20-2)11-9-14/h3-11,13,17-19H,12H2,1-2H3/t13-,17+/m0/s1. The summed E-state index contributed by atoms with van der Waals surface area (Å²) in [6, 6.07) is 17.6. The van der Waals surface area contributed by atoms with Crippen LogP contribution >= 0.6 is 0 Å². The number of ether oxygens (including phenoxy) is 1. The third-order valence-electron chi connectivity index (χ3n) is 3.40. The summed E-state index contributed by atoms with van der Waals surface area (Å²) in [6.45, 7) is 2.70. The first-order valence-electron chi connectivity index (χ1n) is 6.80. The molecule has 0 saturated carbocycles. The van der Waals surface area contributed by atoms with Gasteiger partial charge in [-0.05, 0) is 30.2 Å². The van der Waals surface area contributed by atoms with Crippen LogP contribution in [0.2, 0.25) is 0 Å². The number of benzene rings is 2. The Labute approximate surface area is 120 Å². The van der Waals surface area contributed by atoms with Crippen LogP contribution in [0.1, 0.15) is 24.2 Å². The third-order valence-corrected chi connectivity index (χ3v) is 3.40. The third kappa shape index (κ3) is 3.83. The minimum atomic E-state index is -0.505. The van der Waals surface area contributed by atoms with Crippen molar-refractivity contribution < 1.29 is 9.84 Å². The molecule has 0 radical (unpaired) electrons. The first-order chi connectivity index (χ1) is 9.70. The molecule has 0 aliphatic carbocycles. The monoisotopic (exact) mass is 271 g/mol. The Bertz CT molecular complexity index is 510. The van der Waals surface area contributed by atoms with Gasteiger partial charge in [-0.3, -0.25) is 0 Å². The molecule has 0 spiro atoms. The minimum Gasteiger partial charge on any atom is -0.497 e. The molecule has 2 aromatic rings. The fourth-order valence-electron chi connectivity index (χ4n) is 2.07. The van der Waals surface area contributed by atoms with Crippen molar-refractivity contribution in [3.63, 3.8) is 0 Å². The Morgan fingerprint density at radius 2 is 1.70 bits per heavy atom. The number of methoxy groups -OCH3 is 1. The quantitative estimate of drug-likeness (QED) is 0.849. The highest BCUT2D eigenvalue weighted by Gasteiger charge is 2.15. The molecule has 2 N–H and O–H groups in total. The average molecular weight is 271 g/mol. The van der Waals surface area contributed by atoms with Crippen molar-refractivity contribution in [2.75, 3.05) is 7.11 Å². The van der Waals surface area contributed by atoms with Crippen LogP contribution in [0.5, 0.6) is 5.75 Å². The van der Waals surface area contributed by atoms with E-state index in [-0.39, 0.29) is 6.04 Å². The van der Waals surface area contributed by atoms with E-state index < -0.39 is 6.10 Å². The van der Waals surface area contributed by atoms with E-state index in [9.17, 15) is 5.11 Å². The highest BCUT2D eigenvalue weighted by Crippen LogP contribution is 2.17. The van der Waals surface area contributed by atoms with Gasteiger partial charge in [-0.25, -0.2) is 0 Å². The highest BCUT2D eigenvalue weighted by atomic mass is 16.5. The molecule has 0 heterocycles. The molecule has 2 atom stereocenters. The molecular weight excluding hydrogens is 250 g/mol. The SMILES string of the molecule is COc1ccc(CN[C@@H](C)[C@@H](O)c2ccccc2)cc1. The normalized spacial score (nSPS) is 13.8. The second-order valence-corrected chi connectivity index (χ2v) is 4.87. The van der Waals surface area contributed by atoms with E-state index in [4.69, 9.17) is 4.74 Å². The van der Waals surface area contributed by atoms with E-state index in [1.54, 1.807) is 7.11 Å². The second kappa shape index (κ2) is 7.08. The van der Waals surface area contributed by atoms with Gasteiger partial charge in [-0.1, -0.05) is 42.5 Å².